The van der Waals surface area contributed by atoms with E-state index >= 15 is 0 Å². The molecule has 6 heteroatoms. The van der Waals surface area contributed by atoms with E-state index in [4.69, 9.17) is 14.8 Å². The van der Waals surface area contributed by atoms with Crippen LogP contribution in [0.15, 0.2) is 0 Å². The van der Waals surface area contributed by atoms with Crippen LogP contribution in [0.5, 0.6) is 0 Å². The Balaban J connectivity index is 3.89. The van der Waals surface area contributed by atoms with Crippen molar-refractivity contribution in [3.8, 4) is 0 Å². The number of alkyl carbamates (subject to hydrolysis) is 1. The molecule has 0 aromatic carbocycles. The average molecular weight is 189 g/mol. The zero-order valence-corrected chi connectivity index (χ0v) is 8.37. The van der Waals surface area contributed by atoms with Gasteiger partial charge in [0.15, 0.2) is 0 Å². The molecule has 13 heavy (non-hydrogen) atoms. The third-order valence-corrected chi connectivity index (χ3v) is 1.19. The van der Waals surface area contributed by atoms with Gasteiger partial charge in [0.1, 0.15) is 5.60 Å². The highest BCUT2D eigenvalue weighted by Gasteiger charge is 2.23. The molecule has 0 aromatic rings. The van der Waals surface area contributed by atoms with Crippen molar-refractivity contribution < 1.29 is 19.6 Å². The summed E-state index contributed by atoms with van der Waals surface area (Å²) in [5, 5.41) is 19.6. The molecule has 0 rings (SSSR count). The highest BCUT2D eigenvalue weighted by atomic mass is 16.6. The molecule has 76 valence electrons. The Morgan fingerprint density at radius 3 is 2.23 bits per heavy atom. The van der Waals surface area contributed by atoms with Crippen molar-refractivity contribution in [2.75, 3.05) is 0 Å². The van der Waals surface area contributed by atoms with E-state index in [9.17, 15) is 4.79 Å². The maximum absolute atomic E-state index is 11.0. The lowest BCUT2D eigenvalue weighted by Crippen LogP contribution is -2.46. The molecule has 1 atom stereocenters. The lowest BCUT2D eigenvalue weighted by Gasteiger charge is -2.21. The van der Waals surface area contributed by atoms with Crippen LogP contribution in [0, 0.1) is 0 Å². The largest absolute Gasteiger partial charge is 0.475 e. The minimum atomic E-state index is -1.58. The summed E-state index contributed by atoms with van der Waals surface area (Å²) in [6, 6.07) is 0. The Kier molecular flexibility index (Phi) is 4.22. The number of rotatable bonds is 2. The van der Waals surface area contributed by atoms with Crippen molar-refractivity contribution in [2.45, 2.75) is 39.2 Å². The molecule has 0 fully saturated rings. The van der Waals surface area contributed by atoms with Gasteiger partial charge in [-0.05, 0) is 27.7 Å². The zero-order valence-electron chi connectivity index (χ0n) is 8.37. The highest BCUT2D eigenvalue weighted by molar-refractivity contribution is 6.43. The minimum Gasteiger partial charge on any atom is -0.444 e. The Hall–Kier alpha value is -0.745. The molecule has 0 heterocycles. The number of hydrogen-bond acceptors (Lipinski definition) is 4. The first-order chi connectivity index (χ1) is 5.72. The van der Waals surface area contributed by atoms with Gasteiger partial charge in [-0.25, -0.2) is 4.79 Å². The second kappa shape index (κ2) is 4.48. The predicted octanol–water partition coefficient (Wildman–Crippen LogP) is -0.0884. The van der Waals surface area contributed by atoms with Crippen LogP contribution in [0.4, 0.5) is 4.79 Å². The van der Waals surface area contributed by atoms with Gasteiger partial charge in [0, 0.05) is 0 Å². The maximum atomic E-state index is 11.0. The topological polar surface area (TPSA) is 78.8 Å². The molecule has 0 aliphatic heterocycles. The van der Waals surface area contributed by atoms with Gasteiger partial charge in [0.2, 0.25) is 0 Å². The molecule has 0 aliphatic carbocycles. The van der Waals surface area contributed by atoms with E-state index in [2.05, 4.69) is 5.32 Å². The summed E-state index contributed by atoms with van der Waals surface area (Å²) in [7, 11) is -1.58. The van der Waals surface area contributed by atoms with E-state index in [1.165, 1.54) is 6.92 Å². The second-order valence-electron chi connectivity index (χ2n) is 3.85. The van der Waals surface area contributed by atoms with Crippen molar-refractivity contribution in [3.63, 3.8) is 0 Å². The van der Waals surface area contributed by atoms with Crippen LogP contribution < -0.4 is 5.32 Å². The number of nitrogens with one attached hydrogen (secondary N) is 1. The summed E-state index contributed by atoms with van der Waals surface area (Å²) in [4.78, 5) is 11.0. The zero-order chi connectivity index (χ0) is 10.6. The van der Waals surface area contributed by atoms with E-state index < -0.39 is 24.8 Å². The fraction of sp³-hybridized carbons (Fsp3) is 0.857. The Labute approximate surface area is 78.2 Å². The summed E-state index contributed by atoms with van der Waals surface area (Å²) in [6.07, 6.45) is -0.659. The number of amides is 1. The molecule has 1 amide bonds. The van der Waals surface area contributed by atoms with Gasteiger partial charge >= 0.3 is 13.2 Å². The summed E-state index contributed by atoms with van der Waals surface area (Å²) >= 11 is 0. The third-order valence-electron chi connectivity index (χ3n) is 1.19. The third kappa shape index (κ3) is 6.42. The van der Waals surface area contributed by atoms with Gasteiger partial charge in [0.25, 0.3) is 0 Å². The van der Waals surface area contributed by atoms with E-state index in [1.807, 2.05) is 0 Å². The van der Waals surface area contributed by atoms with E-state index in [0.29, 0.717) is 0 Å². The Morgan fingerprint density at radius 2 is 1.92 bits per heavy atom. The summed E-state index contributed by atoms with van der Waals surface area (Å²) in [5.74, 6) is -0.741. The van der Waals surface area contributed by atoms with Crippen molar-refractivity contribution in [2.24, 2.45) is 0 Å². The molecule has 0 saturated carbocycles. The smallest absolute Gasteiger partial charge is 0.444 e. The van der Waals surface area contributed by atoms with Crippen molar-refractivity contribution >= 4 is 13.2 Å². The van der Waals surface area contributed by atoms with Crippen LogP contribution in [-0.4, -0.2) is 34.8 Å². The molecule has 0 unspecified atom stereocenters. The monoisotopic (exact) mass is 189 g/mol. The van der Waals surface area contributed by atoms with E-state index in [1.54, 1.807) is 20.8 Å². The van der Waals surface area contributed by atoms with Gasteiger partial charge in [-0.2, -0.15) is 0 Å². The lowest BCUT2D eigenvalue weighted by atomic mass is 9.81. The van der Waals surface area contributed by atoms with Crippen LogP contribution in [0.3, 0.4) is 0 Å². The van der Waals surface area contributed by atoms with Crippen LogP contribution in [0.25, 0.3) is 0 Å². The number of carbonyl (C=O) groups is 1. The average Bonchev–Trinajstić information content (AvgIpc) is 1.81. The maximum Gasteiger partial charge on any atom is 0.475 e. The van der Waals surface area contributed by atoms with E-state index in [-0.39, 0.29) is 0 Å². The molecule has 0 aliphatic rings. The van der Waals surface area contributed by atoms with Crippen LogP contribution >= 0.6 is 0 Å². The molecule has 0 aromatic heterocycles. The summed E-state index contributed by atoms with van der Waals surface area (Å²) < 4.78 is 4.89. The van der Waals surface area contributed by atoms with Crippen LogP contribution in [0.1, 0.15) is 27.7 Å². The fourth-order valence-electron chi connectivity index (χ4n) is 0.568. The molecular weight excluding hydrogens is 173 g/mol. The van der Waals surface area contributed by atoms with Crippen LogP contribution in [-0.2, 0) is 4.74 Å². The van der Waals surface area contributed by atoms with Gasteiger partial charge in [-0.1, -0.05) is 0 Å². The number of hydrogen-bond donors (Lipinski definition) is 3. The minimum absolute atomic E-state index is 0.579. The first kappa shape index (κ1) is 12.3. The van der Waals surface area contributed by atoms with Crippen molar-refractivity contribution in [1.29, 1.82) is 0 Å². The molecule has 0 bridgehead atoms. The van der Waals surface area contributed by atoms with Crippen LogP contribution in [0.2, 0.25) is 0 Å². The standard InChI is InChI=1S/C7H16BNO4/c1-5(8(11)12)9-6(10)13-7(2,3)4/h5,11-12H,1-4H3,(H,9,10)/t5-/m0/s1. The SMILES string of the molecule is C[C@H](NC(=O)OC(C)(C)C)B(O)O. The number of carbonyl (C=O) groups excluding carboxylic acids is 1. The van der Waals surface area contributed by atoms with Gasteiger partial charge in [-0.3, -0.25) is 0 Å². The Morgan fingerprint density at radius 1 is 1.46 bits per heavy atom. The molecule has 0 radical (unpaired) electrons. The lowest BCUT2D eigenvalue weighted by molar-refractivity contribution is 0.0516. The van der Waals surface area contributed by atoms with Gasteiger partial charge < -0.3 is 20.1 Å². The molecule has 0 saturated heterocycles. The van der Waals surface area contributed by atoms with Crippen molar-refractivity contribution in [3.05, 3.63) is 0 Å². The normalized spacial score (nSPS) is 13.4. The summed E-state index contributed by atoms with van der Waals surface area (Å²) in [5.41, 5.74) is -0.579. The first-order valence-electron chi connectivity index (χ1n) is 4.08. The van der Waals surface area contributed by atoms with Gasteiger partial charge in [-0.15, -0.1) is 0 Å². The molecular formula is C7H16BNO4. The van der Waals surface area contributed by atoms with E-state index in [0.717, 1.165) is 0 Å². The molecule has 5 nitrogen and oxygen atoms in total. The quantitative estimate of drug-likeness (QED) is 0.530. The first-order valence-corrected chi connectivity index (χ1v) is 4.08. The highest BCUT2D eigenvalue weighted by Crippen LogP contribution is 2.06. The molecule has 0 spiro atoms. The van der Waals surface area contributed by atoms with Crippen molar-refractivity contribution in [1.82, 2.24) is 5.32 Å². The Bertz CT molecular complexity index is 178. The van der Waals surface area contributed by atoms with Gasteiger partial charge in [0.05, 0.1) is 5.94 Å². The molecule has 3 N–H and O–H groups in total. The second-order valence-corrected chi connectivity index (χ2v) is 3.85. The number of ether oxygens (including phenoxy) is 1. The fourth-order valence-corrected chi connectivity index (χ4v) is 0.568. The predicted molar refractivity (Wildman–Crippen MR) is 49.0 cm³/mol. The summed E-state index contributed by atoms with van der Waals surface area (Å²) in [6.45, 7) is 6.65.